The van der Waals surface area contributed by atoms with E-state index in [0.29, 0.717) is 54.4 Å². The van der Waals surface area contributed by atoms with E-state index in [1.54, 1.807) is 35.0 Å². The molecule has 0 saturated carbocycles. The van der Waals surface area contributed by atoms with Crippen LogP contribution in [0.15, 0.2) is 66.5 Å². The summed E-state index contributed by atoms with van der Waals surface area (Å²) in [5.41, 5.74) is 7.00. The molecule has 2 aromatic carbocycles. The lowest BCUT2D eigenvalue weighted by Gasteiger charge is -2.35. The van der Waals surface area contributed by atoms with Crippen LogP contribution >= 0.6 is 0 Å². The predicted molar refractivity (Wildman–Crippen MR) is 149 cm³/mol. The maximum absolute atomic E-state index is 15.5. The van der Waals surface area contributed by atoms with Crippen LogP contribution in [-0.4, -0.2) is 51.3 Å². The average Bonchev–Trinajstić information content (AvgIpc) is 3.57. The fourth-order valence-electron chi connectivity index (χ4n) is 5.40. The Morgan fingerprint density at radius 1 is 1.27 bits per heavy atom. The molecule has 2 aliphatic rings. The summed E-state index contributed by atoms with van der Waals surface area (Å²) in [6, 6.07) is 15.4. The fraction of sp³-hybridized carbons (Fsp3) is 0.300. The van der Waals surface area contributed by atoms with Gasteiger partial charge in [0.15, 0.2) is 11.4 Å². The minimum absolute atomic E-state index is 0.145. The smallest absolute Gasteiger partial charge is 0.177 e. The highest BCUT2D eigenvalue weighted by Gasteiger charge is 2.38. The number of ether oxygens (including phenoxy) is 2. The Kier molecular flexibility index (Phi) is 6.95. The van der Waals surface area contributed by atoms with Gasteiger partial charge in [0, 0.05) is 29.0 Å². The number of carbonyl (C=O) groups excluding carboxylic acids is 1. The number of nitrogens with zero attached hydrogens (tertiary/aromatic N) is 5. The van der Waals surface area contributed by atoms with Crippen LogP contribution in [0.4, 0.5) is 10.2 Å². The van der Waals surface area contributed by atoms with Gasteiger partial charge in [0.1, 0.15) is 41.2 Å². The summed E-state index contributed by atoms with van der Waals surface area (Å²) in [5, 5.41) is 18.2. The maximum atomic E-state index is 15.5. The molecule has 4 aromatic rings. The molecule has 0 radical (unpaired) electrons. The van der Waals surface area contributed by atoms with E-state index < -0.39 is 11.7 Å². The van der Waals surface area contributed by atoms with Crippen LogP contribution in [0, 0.1) is 28.5 Å². The molecule has 208 valence electrons. The van der Waals surface area contributed by atoms with Gasteiger partial charge in [-0.15, -0.1) is 0 Å². The van der Waals surface area contributed by atoms with E-state index in [0.717, 1.165) is 0 Å². The molecule has 3 N–H and O–H groups in total. The lowest BCUT2D eigenvalue weighted by atomic mass is 9.83. The number of nitrogen functional groups attached to an aromatic ring is 1. The number of carbonyl (C=O) groups is 1. The van der Waals surface area contributed by atoms with Crippen LogP contribution in [0.3, 0.4) is 0 Å². The highest BCUT2D eigenvalue weighted by atomic mass is 19.1. The van der Waals surface area contributed by atoms with Gasteiger partial charge in [0.2, 0.25) is 0 Å². The summed E-state index contributed by atoms with van der Waals surface area (Å²) in [4.78, 5) is 21.9. The standard InChI is InChI=1S/C30H28FN7O3/c1-30(15-40-16-30)12-18(13-32)27(39)22-9-10-34-24(22)14-38-29-25(28(33)35-17-36-29)26(37-38)21-8-7-20(11-23(21)31)41-19-5-3-2-4-6-19/h2-8,11-12,17,22,24,34H,9-10,14-16H2,1H3,(H2,33,35,36)/t22?,24-/m0/s1. The summed E-state index contributed by atoms with van der Waals surface area (Å²) in [6.07, 6.45) is 3.64. The molecule has 4 heterocycles. The second kappa shape index (κ2) is 10.7. The fourth-order valence-corrected chi connectivity index (χ4v) is 5.40. The van der Waals surface area contributed by atoms with Crippen molar-refractivity contribution in [3.8, 4) is 28.8 Å². The van der Waals surface area contributed by atoms with Gasteiger partial charge in [0.05, 0.1) is 30.7 Å². The number of allylic oxidation sites excluding steroid dienone is 1. The Morgan fingerprint density at radius 3 is 2.78 bits per heavy atom. The van der Waals surface area contributed by atoms with E-state index in [1.807, 2.05) is 25.1 Å². The van der Waals surface area contributed by atoms with Gasteiger partial charge in [-0.25, -0.2) is 19.0 Å². The van der Waals surface area contributed by atoms with Crippen molar-refractivity contribution >= 4 is 22.6 Å². The number of nitriles is 1. The van der Waals surface area contributed by atoms with Gasteiger partial charge in [-0.05, 0) is 37.2 Å². The van der Waals surface area contributed by atoms with Gasteiger partial charge in [0.25, 0.3) is 0 Å². The molecule has 2 aliphatic heterocycles. The van der Waals surface area contributed by atoms with Crippen LogP contribution in [-0.2, 0) is 16.1 Å². The Balaban J connectivity index is 1.30. The summed E-state index contributed by atoms with van der Waals surface area (Å²) in [6.45, 7) is 3.81. The van der Waals surface area contributed by atoms with Crippen LogP contribution in [0.2, 0.25) is 0 Å². The first-order valence-electron chi connectivity index (χ1n) is 13.3. The number of halogens is 1. The zero-order chi connectivity index (χ0) is 28.6. The molecule has 2 aromatic heterocycles. The number of anilines is 1. The lowest BCUT2D eigenvalue weighted by molar-refractivity contribution is -0.119. The quantitative estimate of drug-likeness (QED) is 0.244. The molecule has 6 rings (SSSR count). The molecule has 0 bridgehead atoms. The van der Waals surface area contributed by atoms with Crippen LogP contribution in [0.25, 0.3) is 22.3 Å². The number of fused-ring (bicyclic) bond motifs is 1. The highest BCUT2D eigenvalue weighted by Crippen LogP contribution is 2.35. The van der Waals surface area contributed by atoms with Crippen LogP contribution in [0.5, 0.6) is 11.5 Å². The first-order chi connectivity index (χ1) is 19.8. The number of nitrogens with one attached hydrogen (secondary N) is 1. The molecule has 0 aliphatic carbocycles. The predicted octanol–water partition coefficient (Wildman–Crippen LogP) is 4.04. The molecule has 2 saturated heterocycles. The summed E-state index contributed by atoms with van der Waals surface area (Å²) in [7, 11) is 0. The number of nitrogens with two attached hydrogens (primary N) is 1. The molecule has 0 amide bonds. The number of benzene rings is 2. The maximum Gasteiger partial charge on any atom is 0.177 e. The minimum atomic E-state index is -0.544. The van der Waals surface area contributed by atoms with Crippen LogP contribution in [0.1, 0.15) is 13.3 Å². The second-order valence-electron chi connectivity index (χ2n) is 10.7. The number of hydrogen-bond acceptors (Lipinski definition) is 9. The van der Waals surface area contributed by atoms with Gasteiger partial charge >= 0.3 is 0 Å². The zero-order valence-corrected chi connectivity index (χ0v) is 22.4. The Bertz CT molecular complexity index is 1690. The van der Waals surface area contributed by atoms with E-state index >= 15 is 4.39 Å². The van der Waals surface area contributed by atoms with E-state index in [9.17, 15) is 10.1 Å². The van der Waals surface area contributed by atoms with Gasteiger partial charge in [-0.3, -0.25) is 4.79 Å². The monoisotopic (exact) mass is 553 g/mol. The summed E-state index contributed by atoms with van der Waals surface area (Å²) < 4.78 is 28.1. The zero-order valence-electron chi connectivity index (χ0n) is 22.4. The summed E-state index contributed by atoms with van der Waals surface area (Å²) in [5.74, 6) is -0.0918. The Morgan fingerprint density at radius 2 is 2.07 bits per heavy atom. The third-order valence-electron chi connectivity index (χ3n) is 7.53. The number of Topliss-reactive ketones (excluding diaryl/α,β-unsaturated/α-hetero) is 1. The van der Waals surface area contributed by atoms with Gasteiger partial charge in [-0.1, -0.05) is 31.2 Å². The number of ketones is 1. The number of rotatable bonds is 8. The largest absolute Gasteiger partial charge is 0.457 e. The van der Waals surface area contributed by atoms with Gasteiger partial charge in [-0.2, -0.15) is 10.4 Å². The van der Waals surface area contributed by atoms with E-state index in [2.05, 4.69) is 21.4 Å². The molecule has 2 atom stereocenters. The van der Waals surface area contributed by atoms with Crippen molar-refractivity contribution in [3.63, 3.8) is 0 Å². The molecular weight excluding hydrogens is 525 g/mol. The summed E-state index contributed by atoms with van der Waals surface area (Å²) >= 11 is 0. The van der Waals surface area contributed by atoms with Crippen molar-refractivity contribution in [2.75, 3.05) is 25.5 Å². The number of aromatic nitrogens is 4. The molecule has 11 heteroatoms. The lowest BCUT2D eigenvalue weighted by Crippen LogP contribution is -2.39. The topological polar surface area (TPSA) is 141 Å². The highest BCUT2D eigenvalue weighted by molar-refractivity contribution is 6.01. The van der Waals surface area contributed by atoms with Crippen molar-refractivity contribution in [1.82, 2.24) is 25.1 Å². The van der Waals surface area contributed by atoms with Gasteiger partial charge < -0.3 is 20.5 Å². The minimum Gasteiger partial charge on any atom is -0.457 e. The van der Waals surface area contributed by atoms with E-state index in [1.165, 1.54) is 12.4 Å². The molecule has 41 heavy (non-hydrogen) atoms. The van der Waals surface area contributed by atoms with Crippen molar-refractivity contribution in [2.24, 2.45) is 11.3 Å². The van der Waals surface area contributed by atoms with Crippen molar-refractivity contribution in [1.29, 1.82) is 5.26 Å². The van der Waals surface area contributed by atoms with Crippen LogP contribution < -0.4 is 15.8 Å². The van der Waals surface area contributed by atoms with E-state index in [-0.39, 0.29) is 40.7 Å². The third-order valence-corrected chi connectivity index (χ3v) is 7.53. The first kappa shape index (κ1) is 26.6. The van der Waals surface area contributed by atoms with E-state index in [4.69, 9.17) is 20.3 Å². The Labute approximate surface area is 235 Å². The normalized spacial score (nSPS) is 20.0. The first-order valence-corrected chi connectivity index (χ1v) is 13.3. The molecule has 1 unspecified atom stereocenters. The molecule has 2 fully saturated rings. The molecular formula is C30H28FN7O3. The molecule has 0 spiro atoms. The average molecular weight is 554 g/mol. The third kappa shape index (κ3) is 5.15. The number of para-hydroxylation sites is 1. The van der Waals surface area contributed by atoms with Crippen molar-refractivity contribution in [3.05, 3.63) is 72.3 Å². The SMILES string of the molecule is CC1(C=C(C#N)C(=O)C2CCN[C@H]2Cn2nc(-c3ccc(Oc4ccccc4)cc3F)c3c(N)ncnc32)COC1. The Hall–Kier alpha value is -4.66. The molecule has 10 nitrogen and oxygen atoms in total. The van der Waals surface area contributed by atoms with Crippen molar-refractivity contribution in [2.45, 2.75) is 25.9 Å². The second-order valence-corrected chi connectivity index (χ2v) is 10.7. The van der Waals surface area contributed by atoms with Crippen molar-refractivity contribution < 1.29 is 18.7 Å². The number of hydrogen-bond donors (Lipinski definition) is 2.